The van der Waals surface area contributed by atoms with Gasteiger partial charge in [-0.25, -0.2) is 0 Å². The Hall–Kier alpha value is -0.850. The van der Waals surface area contributed by atoms with Gasteiger partial charge in [0, 0.05) is 18.2 Å². The topological polar surface area (TPSA) is 46.1 Å². The highest BCUT2D eigenvalue weighted by Crippen LogP contribution is 2.36. The Bertz CT molecular complexity index is 600. The van der Waals surface area contributed by atoms with E-state index in [2.05, 4.69) is 21.4 Å². The van der Waals surface area contributed by atoms with Crippen molar-refractivity contribution < 1.29 is 4.79 Å². The first-order valence-electron chi connectivity index (χ1n) is 5.06. The smallest absolute Gasteiger partial charge is 0.228 e. The number of fused-ring (bicyclic) bond motifs is 1. The number of carbonyl (C=O) groups is 1. The molecule has 1 unspecified atom stereocenters. The van der Waals surface area contributed by atoms with Crippen LogP contribution in [-0.4, -0.2) is 26.4 Å². The summed E-state index contributed by atoms with van der Waals surface area (Å²) in [5.74, 6) is 0.0346. The van der Waals surface area contributed by atoms with Gasteiger partial charge in [0.25, 0.3) is 0 Å². The average molecular weight is 286 g/mol. The van der Waals surface area contributed by atoms with Gasteiger partial charge in [-0.05, 0) is 12.1 Å². The van der Waals surface area contributed by atoms with Gasteiger partial charge in [-0.15, -0.1) is 0 Å². The van der Waals surface area contributed by atoms with Gasteiger partial charge >= 0.3 is 0 Å². The zero-order valence-electron chi connectivity index (χ0n) is 8.63. The molecule has 2 aromatic rings. The highest BCUT2D eigenvalue weighted by molar-refractivity contribution is 7.81. The number of benzene rings is 1. The van der Waals surface area contributed by atoms with Gasteiger partial charge in [-0.2, -0.15) is 21.4 Å². The Morgan fingerprint density at radius 2 is 2.29 bits per heavy atom. The van der Waals surface area contributed by atoms with Crippen LogP contribution in [0.3, 0.4) is 0 Å². The highest BCUT2D eigenvalue weighted by atomic mass is 35.5. The lowest BCUT2D eigenvalue weighted by Gasteiger charge is -2.17. The molecule has 1 aromatic heterocycles. The summed E-state index contributed by atoms with van der Waals surface area (Å²) >= 11 is 11.6. The third kappa shape index (κ3) is 1.80. The standard InChI is InChI=1S/C10H8ClN3OS2/c11-6-1-2-7-9(13-17-12-7)10(6)14-4-5(16)3-8(14)15/h1-2,5,16H,3-4H2. The number of halogens is 1. The van der Waals surface area contributed by atoms with E-state index < -0.39 is 0 Å². The molecule has 1 aromatic carbocycles. The third-order valence-electron chi connectivity index (χ3n) is 2.73. The number of thiol groups is 1. The van der Waals surface area contributed by atoms with Crippen LogP contribution in [0.5, 0.6) is 0 Å². The normalized spacial score (nSPS) is 20.5. The van der Waals surface area contributed by atoms with E-state index >= 15 is 0 Å². The van der Waals surface area contributed by atoms with Gasteiger partial charge < -0.3 is 4.90 Å². The molecule has 7 heteroatoms. The fraction of sp³-hybridized carbons (Fsp3) is 0.300. The minimum absolute atomic E-state index is 0.0346. The van der Waals surface area contributed by atoms with Crippen LogP contribution in [-0.2, 0) is 4.79 Å². The number of rotatable bonds is 1. The van der Waals surface area contributed by atoms with E-state index in [1.165, 1.54) is 0 Å². The summed E-state index contributed by atoms with van der Waals surface area (Å²) < 4.78 is 8.36. The average Bonchev–Trinajstić information content (AvgIpc) is 2.85. The molecule has 1 atom stereocenters. The molecule has 2 heterocycles. The molecular weight excluding hydrogens is 278 g/mol. The lowest BCUT2D eigenvalue weighted by Crippen LogP contribution is -2.25. The van der Waals surface area contributed by atoms with Gasteiger partial charge in [0.2, 0.25) is 5.91 Å². The van der Waals surface area contributed by atoms with Crippen LogP contribution in [0.4, 0.5) is 5.69 Å². The van der Waals surface area contributed by atoms with Gasteiger partial charge in [-0.1, -0.05) is 11.6 Å². The third-order valence-corrected chi connectivity index (χ3v) is 3.92. The van der Waals surface area contributed by atoms with Crippen molar-refractivity contribution in [3.63, 3.8) is 0 Å². The number of hydrogen-bond donors (Lipinski definition) is 1. The zero-order chi connectivity index (χ0) is 12.0. The Balaban J connectivity index is 2.19. The van der Waals surface area contributed by atoms with Crippen LogP contribution in [0, 0.1) is 0 Å². The molecule has 1 fully saturated rings. The molecule has 1 aliphatic heterocycles. The molecule has 0 saturated carbocycles. The van der Waals surface area contributed by atoms with E-state index in [1.807, 2.05) is 6.07 Å². The quantitative estimate of drug-likeness (QED) is 0.819. The SMILES string of the molecule is O=C1CC(S)CN1c1c(Cl)ccc2nsnc12. The minimum atomic E-state index is 0.0346. The summed E-state index contributed by atoms with van der Waals surface area (Å²) in [4.78, 5) is 13.5. The van der Waals surface area contributed by atoms with E-state index in [1.54, 1.807) is 11.0 Å². The van der Waals surface area contributed by atoms with Crippen molar-refractivity contribution in [1.82, 2.24) is 8.75 Å². The van der Waals surface area contributed by atoms with E-state index in [0.717, 1.165) is 17.2 Å². The summed E-state index contributed by atoms with van der Waals surface area (Å²) in [5, 5.41) is 0.585. The van der Waals surface area contributed by atoms with Crippen molar-refractivity contribution in [1.29, 1.82) is 0 Å². The Labute approximate surface area is 112 Å². The molecule has 4 nitrogen and oxygen atoms in total. The van der Waals surface area contributed by atoms with Crippen LogP contribution in [0.25, 0.3) is 11.0 Å². The molecular formula is C10H8ClN3OS2. The number of amides is 1. The first kappa shape index (κ1) is 11.3. The van der Waals surface area contributed by atoms with Gasteiger partial charge in [0.05, 0.1) is 22.4 Å². The maximum atomic E-state index is 11.9. The zero-order valence-corrected chi connectivity index (χ0v) is 11.1. The van der Waals surface area contributed by atoms with Gasteiger partial charge in [0.15, 0.2) is 0 Å². The molecule has 0 spiro atoms. The second kappa shape index (κ2) is 4.12. The van der Waals surface area contributed by atoms with Crippen molar-refractivity contribution >= 4 is 58.6 Å². The molecule has 1 amide bonds. The van der Waals surface area contributed by atoms with Crippen LogP contribution in [0.2, 0.25) is 5.02 Å². The Kier molecular flexibility index (Phi) is 2.72. The predicted octanol–water partition coefficient (Wildman–Crippen LogP) is 2.38. The number of hydrogen-bond acceptors (Lipinski definition) is 5. The molecule has 0 radical (unpaired) electrons. The van der Waals surface area contributed by atoms with Crippen LogP contribution in [0.15, 0.2) is 12.1 Å². The maximum absolute atomic E-state index is 11.9. The second-order valence-corrected chi connectivity index (χ2v) is 5.56. The summed E-state index contributed by atoms with van der Waals surface area (Å²) in [5.41, 5.74) is 2.13. The van der Waals surface area contributed by atoms with E-state index in [-0.39, 0.29) is 11.2 Å². The minimum Gasteiger partial charge on any atom is -0.308 e. The number of aromatic nitrogens is 2. The number of carbonyl (C=O) groups excluding carboxylic acids is 1. The second-order valence-electron chi connectivity index (χ2n) is 3.89. The van der Waals surface area contributed by atoms with Crippen molar-refractivity contribution in [2.75, 3.05) is 11.4 Å². The van der Waals surface area contributed by atoms with E-state index in [9.17, 15) is 4.79 Å². The summed E-state index contributed by atoms with van der Waals surface area (Å²) in [6.45, 7) is 0.568. The molecule has 3 rings (SSSR count). The highest BCUT2D eigenvalue weighted by Gasteiger charge is 2.31. The van der Waals surface area contributed by atoms with E-state index in [4.69, 9.17) is 11.6 Å². The molecule has 17 heavy (non-hydrogen) atoms. The first-order chi connectivity index (χ1) is 8.16. The Morgan fingerprint density at radius 3 is 3.00 bits per heavy atom. The van der Waals surface area contributed by atoms with E-state index in [0.29, 0.717) is 29.2 Å². The molecule has 88 valence electrons. The molecule has 0 aliphatic carbocycles. The predicted molar refractivity (Wildman–Crippen MR) is 72.2 cm³/mol. The molecule has 0 N–H and O–H groups in total. The fourth-order valence-electron chi connectivity index (χ4n) is 1.97. The van der Waals surface area contributed by atoms with Crippen molar-refractivity contribution in [2.45, 2.75) is 11.7 Å². The maximum Gasteiger partial charge on any atom is 0.228 e. The van der Waals surface area contributed by atoms with Gasteiger partial charge in [0.1, 0.15) is 11.0 Å². The van der Waals surface area contributed by atoms with Crippen LogP contribution >= 0.6 is 36.0 Å². The molecule has 0 bridgehead atoms. The summed E-state index contributed by atoms with van der Waals surface area (Å²) in [6, 6.07) is 3.56. The van der Waals surface area contributed by atoms with Gasteiger partial charge in [-0.3, -0.25) is 4.79 Å². The van der Waals surface area contributed by atoms with Crippen LogP contribution < -0.4 is 4.90 Å². The van der Waals surface area contributed by atoms with Crippen molar-refractivity contribution in [3.8, 4) is 0 Å². The Morgan fingerprint density at radius 1 is 1.47 bits per heavy atom. The lowest BCUT2D eigenvalue weighted by atomic mass is 10.2. The monoisotopic (exact) mass is 285 g/mol. The van der Waals surface area contributed by atoms with Crippen LogP contribution in [0.1, 0.15) is 6.42 Å². The first-order valence-corrected chi connectivity index (χ1v) is 6.68. The number of anilines is 1. The largest absolute Gasteiger partial charge is 0.308 e. The number of nitrogens with zero attached hydrogens (tertiary/aromatic N) is 3. The molecule has 1 saturated heterocycles. The van der Waals surface area contributed by atoms with Crippen molar-refractivity contribution in [3.05, 3.63) is 17.2 Å². The lowest BCUT2D eigenvalue weighted by molar-refractivity contribution is -0.117. The summed E-state index contributed by atoms with van der Waals surface area (Å²) in [7, 11) is 0. The van der Waals surface area contributed by atoms with Crippen molar-refractivity contribution in [2.24, 2.45) is 0 Å². The fourth-order valence-corrected chi connectivity index (χ4v) is 3.09. The summed E-state index contributed by atoms with van der Waals surface area (Å²) in [6.07, 6.45) is 0.438. The molecule has 1 aliphatic rings.